The average Bonchev–Trinajstić information content (AvgIpc) is 2.79. The number of hydrogen-bond donors (Lipinski definition) is 1. The van der Waals surface area contributed by atoms with Crippen LogP contribution in [0.25, 0.3) is 0 Å². The molecule has 0 aliphatic rings. The number of aliphatic hydroxyl groups is 1. The Kier molecular flexibility index (Phi) is 4.98. The lowest BCUT2D eigenvalue weighted by atomic mass is 10.1. The molecule has 0 fully saturated rings. The van der Waals surface area contributed by atoms with Crippen LogP contribution in [0.1, 0.15) is 23.5 Å². The Labute approximate surface area is 130 Å². The number of hydrogen-bond acceptors (Lipinski definition) is 3. The van der Waals surface area contributed by atoms with Gasteiger partial charge in [-0.3, -0.25) is 0 Å². The van der Waals surface area contributed by atoms with Gasteiger partial charge < -0.3 is 9.84 Å². The molecule has 0 radical (unpaired) electrons. The van der Waals surface area contributed by atoms with Crippen LogP contribution in [-0.2, 0) is 0 Å². The summed E-state index contributed by atoms with van der Waals surface area (Å²) >= 11 is 19.4. The summed E-state index contributed by atoms with van der Waals surface area (Å²) in [5.74, 6) is 0.509. The van der Waals surface area contributed by atoms with Gasteiger partial charge in [-0.1, -0.05) is 34.8 Å². The van der Waals surface area contributed by atoms with Gasteiger partial charge in [0.1, 0.15) is 11.9 Å². The molecular formula is C13H11Cl3O2S. The van der Waals surface area contributed by atoms with Gasteiger partial charge in [0.15, 0.2) is 0 Å². The van der Waals surface area contributed by atoms with Crippen LogP contribution in [-0.4, -0.2) is 11.7 Å². The van der Waals surface area contributed by atoms with E-state index < -0.39 is 6.10 Å². The number of rotatable bonds is 4. The van der Waals surface area contributed by atoms with Crippen molar-refractivity contribution >= 4 is 46.1 Å². The van der Waals surface area contributed by atoms with E-state index in [1.54, 1.807) is 24.3 Å². The molecule has 0 spiro atoms. The highest BCUT2D eigenvalue weighted by Crippen LogP contribution is 2.38. The molecule has 1 unspecified atom stereocenters. The highest BCUT2D eigenvalue weighted by molar-refractivity contribution is 7.16. The van der Waals surface area contributed by atoms with Gasteiger partial charge in [0.05, 0.1) is 21.0 Å². The predicted molar refractivity (Wildman–Crippen MR) is 81.0 cm³/mol. The summed E-state index contributed by atoms with van der Waals surface area (Å²) in [6.07, 6.45) is -0.849. The van der Waals surface area contributed by atoms with Gasteiger partial charge in [0.2, 0.25) is 0 Å². The summed E-state index contributed by atoms with van der Waals surface area (Å²) in [7, 11) is 0. The standard InChI is InChI=1S/C13H11Cl3O2S/c1-2-18-10-6-8(14)7(5-9(10)15)13(17)11-3-4-12(16)19-11/h3-6,13,17H,2H2,1H3. The zero-order valence-corrected chi connectivity index (χ0v) is 13.1. The molecule has 1 atom stereocenters. The van der Waals surface area contributed by atoms with E-state index in [4.69, 9.17) is 39.5 Å². The average molecular weight is 338 g/mol. The first-order chi connectivity index (χ1) is 9.02. The summed E-state index contributed by atoms with van der Waals surface area (Å²) in [5, 5.41) is 11.1. The number of benzene rings is 1. The lowest BCUT2D eigenvalue weighted by molar-refractivity contribution is 0.224. The third-order valence-electron chi connectivity index (χ3n) is 2.51. The van der Waals surface area contributed by atoms with Crippen LogP contribution in [0.3, 0.4) is 0 Å². The lowest BCUT2D eigenvalue weighted by Crippen LogP contribution is -2.00. The molecule has 0 saturated carbocycles. The summed E-state index contributed by atoms with van der Waals surface area (Å²) in [5.41, 5.74) is 0.536. The fraction of sp³-hybridized carbons (Fsp3) is 0.231. The van der Waals surface area contributed by atoms with Crippen molar-refractivity contribution in [1.29, 1.82) is 0 Å². The topological polar surface area (TPSA) is 29.5 Å². The monoisotopic (exact) mass is 336 g/mol. The Morgan fingerprint density at radius 2 is 1.95 bits per heavy atom. The Morgan fingerprint density at radius 1 is 1.21 bits per heavy atom. The highest BCUT2D eigenvalue weighted by atomic mass is 35.5. The Hall–Kier alpha value is -0.450. The third-order valence-corrected chi connectivity index (χ3v) is 4.42. The van der Waals surface area contributed by atoms with Crippen molar-refractivity contribution in [2.24, 2.45) is 0 Å². The molecule has 2 aromatic rings. The van der Waals surface area contributed by atoms with Gasteiger partial charge in [-0.05, 0) is 25.1 Å². The Bertz CT molecular complexity index is 583. The SMILES string of the molecule is CCOc1cc(Cl)c(C(O)c2ccc(Cl)s2)cc1Cl. The van der Waals surface area contributed by atoms with E-state index in [0.29, 0.717) is 37.2 Å². The molecule has 0 amide bonds. The van der Waals surface area contributed by atoms with Crippen LogP contribution in [0.4, 0.5) is 0 Å². The first-order valence-corrected chi connectivity index (χ1v) is 7.53. The molecule has 0 saturated heterocycles. The van der Waals surface area contributed by atoms with Crippen LogP contribution in [0.5, 0.6) is 5.75 Å². The van der Waals surface area contributed by atoms with Gasteiger partial charge in [-0.15, -0.1) is 11.3 Å². The van der Waals surface area contributed by atoms with Crippen LogP contribution < -0.4 is 4.74 Å². The largest absolute Gasteiger partial charge is 0.492 e. The minimum atomic E-state index is -0.849. The Morgan fingerprint density at radius 3 is 2.53 bits per heavy atom. The first-order valence-electron chi connectivity index (χ1n) is 5.58. The smallest absolute Gasteiger partial charge is 0.139 e. The quantitative estimate of drug-likeness (QED) is 0.832. The van der Waals surface area contributed by atoms with E-state index in [0.717, 1.165) is 0 Å². The van der Waals surface area contributed by atoms with E-state index in [9.17, 15) is 5.11 Å². The fourth-order valence-corrected chi connectivity index (χ4v) is 3.20. The van der Waals surface area contributed by atoms with Gasteiger partial charge in [0, 0.05) is 16.5 Å². The normalized spacial score (nSPS) is 12.5. The van der Waals surface area contributed by atoms with Crippen LogP contribution in [0.15, 0.2) is 24.3 Å². The van der Waals surface area contributed by atoms with Crippen molar-refractivity contribution in [1.82, 2.24) is 0 Å². The summed E-state index contributed by atoms with van der Waals surface area (Å²) < 4.78 is 5.96. The van der Waals surface area contributed by atoms with Crippen molar-refractivity contribution in [3.63, 3.8) is 0 Å². The second kappa shape index (κ2) is 6.33. The van der Waals surface area contributed by atoms with Crippen molar-refractivity contribution in [2.45, 2.75) is 13.0 Å². The second-order valence-electron chi connectivity index (χ2n) is 3.78. The lowest BCUT2D eigenvalue weighted by Gasteiger charge is -2.14. The number of halogens is 3. The maximum Gasteiger partial charge on any atom is 0.139 e. The minimum absolute atomic E-state index is 0.407. The van der Waals surface area contributed by atoms with Crippen molar-refractivity contribution in [3.8, 4) is 5.75 Å². The minimum Gasteiger partial charge on any atom is -0.492 e. The first kappa shape index (κ1) is 14.9. The summed E-state index contributed by atoms with van der Waals surface area (Å²) in [6, 6.07) is 6.72. The molecule has 0 bridgehead atoms. The zero-order chi connectivity index (χ0) is 14.0. The van der Waals surface area contributed by atoms with Gasteiger partial charge in [0.25, 0.3) is 0 Å². The maximum absolute atomic E-state index is 10.3. The number of aliphatic hydroxyl groups excluding tert-OH is 1. The highest BCUT2D eigenvalue weighted by Gasteiger charge is 2.18. The number of thiophene rings is 1. The van der Waals surface area contributed by atoms with Crippen LogP contribution in [0.2, 0.25) is 14.4 Å². The zero-order valence-electron chi connectivity index (χ0n) is 9.99. The van der Waals surface area contributed by atoms with Gasteiger partial charge in [-0.2, -0.15) is 0 Å². The molecule has 2 rings (SSSR count). The van der Waals surface area contributed by atoms with Gasteiger partial charge >= 0.3 is 0 Å². The maximum atomic E-state index is 10.3. The van der Waals surface area contributed by atoms with E-state index in [1.807, 2.05) is 6.92 Å². The van der Waals surface area contributed by atoms with Crippen molar-refractivity contribution in [3.05, 3.63) is 49.1 Å². The third kappa shape index (κ3) is 3.36. The molecule has 0 aliphatic carbocycles. The van der Waals surface area contributed by atoms with E-state index in [1.165, 1.54) is 11.3 Å². The molecule has 102 valence electrons. The molecule has 19 heavy (non-hydrogen) atoms. The predicted octanol–water partition coefficient (Wildman–Crippen LogP) is 5.19. The molecular weight excluding hydrogens is 327 g/mol. The summed E-state index contributed by atoms with van der Waals surface area (Å²) in [6.45, 7) is 2.36. The fourth-order valence-electron chi connectivity index (χ4n) is 1.65. The van der Waals surface area contributed by atoms with E-state index in [-0.39, 0.29) is 0 Å². The molecule has 1 aromatic heterocycles. The molecule has 0 aliphatic heterocycles. The Balaban J connectivity index is 2.37. The van der Waals surface area contributed by atoms with Crippen LogP contribution in [0, 0.1) is 0 Å². The molecule has 1 aromatic carbocycles. The van der Waals surface area contributed by atoms with Crippen molar-refractivity contribution in [2.75, 3.05) is 6.61 Å². The van der Waals surface area contributed by atoms with Crippen molar-refractivity contribution < 1.29 is 9.84 Å². The second-order valence-corrected chi connectivity index (χ2v) is 6.34. The number of ether oxygens (including phenoxy) is 1. The molecule has 1 heterocycles. The van der Waals surface area contributed by atoms with E-state index >= 15 is 0 Å². The molecule has 6 heteroatoms. The molecule has 1 N–H and O–H groups in total. The summed E-state index contributed by atoms with van der Waals surface area (Å²) in [4.78, 5) is 0.715. The molecule has 2 nitrogen and oxygen atoms in total. The van der Waals surface area contributed by atoms with Gasteiger partial charge in [-0.25, -0.2) is 0 Å². The van der Waals surface area contributed by atoms with E-state index in [2.05, 4.69) is 0 Å². The van der Waals surface area contributed by atoms with Crippen LogP contribution >= 0.6 is 46.1 Å².